The Morgan fingerprint density at radius 3 is 2.66 bits per heavy atom. The van der Waals surface area contributed by atoms with Gasteiger partial charge in [-0.05, 0) is 12.1 Å². The maximum absolute atomic E-state index is 14.2. The van der Waals surface area contributed by atoms with Gasteiger partial charge < -0.3 is 9.88 Å². The normalized spacial score (nSPS) is 15.5. The third kappa shape index (κ3) is 5.05. The zero-order valence-electron chi connectivity index (χ0n) is 19.9. The van der Waals surface area contributed by atoms with Crippen LogP contribution in [-0.4, -0.2) is 78.1 Å². The number of alkyl halides is 3. The molecule has 10 nitrogen and oxygen atoms in total. The second kappa shape index (κ2) is 10.2. The van der Waals surface area contributed by atoms with Gasteiger partial charge in [0, 0.05) is 62.3 Å². The van der Waals surface area contributed by atoms with Gasteiger partial charge in [-0.2, -0.15) is 23.5 Å². The van der Waals surface area contributed by atoms with E-state index in [1.54, 1.807) is 17.1 Å². The fraction of sp³-hybridized carbons (Fsp3) is 0.333. The number of carbonyl (C=O) groups is 1. The number of nitrogens with zero attached hydrogens (tertiary/aromatic N) is 8. The molecule has 1 aliphatic rings. The van der Waals surface area contributed by atoms with Gasteiger partial charge >= 0.3 is 6.18 Å². The van der Waals surface area contributed by atoms with E-state index in [0.717, 1.165) is 16.6 Å². The second-order valence-corrected chi connectivity index (χ2v) is 8.83. The van der Waals surface area contributed by atoms with Crippen LogP contribution in [0, 0.1) is 17.1 Å². The molecule has 0 spiro atoms. The van der Waals surface area contributed by atoms with Crippen LogP contribution < -0.4 is 0 Å². The number of piperazine rings is 1. The highest BCUT2D eigenvalue weighted by molar-refractivity contribution is 5.92. The number of aromatic amines is 1. The molecule has 4 aromatic rings. The van der Waals surface area contributed by atoms with Crippen LogP contribution in [0.15, 0.2) is 43.2 Å². The highest BCUT2D eigenvalue weighted by Crippen LogP contribution is 2.30. The third-order valence-electron chi connectivity index (χ3n) is 6.43. The van der Waals surface area contributed by atoms with Gasteiger partial charge in [-0.25, -0.2) is 19.3 Å². The summed E-state index contributed by atoms with van der Waals surface area (Å²) in [5, 5.41) is 14.7. The van der Waals surface area contributed by atoms with E-state index in [4.69, 9.17) is 0 Å². The summed E-state index contributed by atoms with van der Waals surface area (Å²) in [6, 6.07) is 4.08. The number of fused-ring (bicyclic) bond motifs is 1. The number of amides is 1. The molecule has 1 atom stereocenters. The summed E-state index contributed by atoms with van der Waals surface area (Å²) in [5.74, 6) is -2.07. The summed E-state index contributed by atoms with van der Waals surface area (Å²) >= 11 is 0. The number of pyridine rings is 1. The van der Waals surface area contributed by atoms with E-state index < -0.39 is 29.2 Å². The molecule has 1 amide bonds. The van der Waals surface area contributed by atoms with E-state index in [9.17, 15) is 27.6 Å². The molecular formula is C24H21F4N9O. The molecule has 1 fully saturated rings. The third-order valence-corrected chi connectivity index (χ3v) is 6.43. The summed E-state index contributed by atoms with van der Waals surface area (Å²) in [6.07, 6.45) is 2.66. The van der Waals surface area contributed by atoms with Crippen molar-refractivity contribution in [2.45, 2.75) is 18.6 Å². The van der Waals surface area contributed by atoms with Crippen LogP contribution in [0.3, 0.4) is 0 Å². The predicted octanol–water partition coefficient (Wildman–Crippen LogP) is 3.29. The molecule has 0 radical (unpaired) electrons. The van der Waals surface area contributed by atoms with Crippen molar-refractivity contribution < 1.29 is 22.4 Å². The van der Waals surface area contributed by atoms with Gasteiger partial charge in [-0.15, -0.1) is 0 Å². The Hall–Kier alpha value is -4.38. The number of carbonyl (C=O) groups excluding carboxylic acids is 1. The minimum Gasteiger partial charge on any atom is -0.346 e. The number of nitriles is 1. The molecule has 1 N–H and O–H groups in total. The average molecular weight is 527 g/mol. The van der Waals surface area contributed by atoms with Crippen LogP contribution in [0.25, 0.3) is 22.3 Å². The van der Waals surface area contributed by atoms with E-state index in [0.29, 0.717) is 31.5 Å². The monoisotopic (exact) mass is 527 g/mol. The highest BCUT2D eigenvalue weighted by Gasteiger charge is 2.33. The lowest BCUT2D eigenvalue weighted by molar-refractivity contribution is -0.138. The summed E-state index contributed by atoms with van der Waals surface area (Å²) in [5.41, 5.74) is 0.309. The zero-order chi connectivity index (χ0) is 26.9. The lowest BCUT2D eigenvalue weighted by Gasteiger charge is -2.36. The van der Waals surface area contributed by atoms with E-state index >= 15 is 0 Å². The molecule has 1 unspecified atom stereocenters. The van der Waals surface area contributed by atoms with Crippen LogP contribution in [0.4, 0.5) is 17.6 Å². The summed E-state index contributed by atoms with van der Waals surface area (Å²) < 4.78 is 54.3. The zero-order valence-corrected chi connectivity index (χ0v) is 19.9. The van der Waals surface area contributed by atoms with E-state index in [1.807, 2.05) is 12.3 Å². The van der Waals surface area contributed by atoms with E-state index in [-0.39, 0.29) is 31.6 Å². The highest BCUT2D eigenvalue weighted by atomic mass is 19.4. The van der Waals surface area contributed by atoms with E-state index in [2.05, 4.69) is 36.0 Å². The van der Waals surface area contributed by atoms with Crippen molar-refractivity contribution in [1.82, 2.24) is 39.5 Å². The van der Waals surface area contributed by atoms with Crippen LogP contribution in [-0.2, 0) is 6.18 Å². The molecule has 0 saturated carbocycles. The van der Waals surface area contributed by atoms with E-state index in [1.165, 1.54) is 11.2 Å². The number of aromatic nitrogens is 6. The molecule has 1 saturated heterocycles. The second-order valence-electron chi connectivity index (χ2n) is 8.83. The van der Waals surface area contributed by atoms with Gasteiger partial charge in [0.1, 0.15) is 12.0 Å². The van der Waals surface area contributed by atoms with Gasteiger partial charge in [0.25, 0.3) is 5.91 Å². The standard InChI is InChI=1S/C24H21F4N9O/c25-19-9-16(24(26,27)28)11-31-21(19)23(38)36-7-5-35(6-8-36)13-17(1-3-29)37-12-15(10-34-37)20-18-2-4-30-22(18)33-14-32-20/h2,4,9-12,14,17H,1,5-8,13H2,(H,30,32,33). The minimum absolute atomic E-state index is 0.199. The molecule has 5 rings (SSSR count). The Kier molecular flexibility index (Phi) is 6.77. The fourth-order valence-corrected chi connectivity index (χ4v) is 4.44. The quantitative estimate of drug-likeness (QED) is 0.382. The number of rotatable bonds is 6. The van der Waals surface area contributed by atoms with Crippen molar-refractivity contribution in [3.63, 3.8) is 0 Å². The summed E-state index contributed by atoms with van der Waals surface area (Å²) in [4.78, 5) is 31.2. The Bertz CT molecular complexity index is 1500. The van der Waals surface area contributed by atoms with Gasteiger partial charge in [0.15, 0.2) is 11.5 Å². The lowest BCUT2D eigenvalue weighted by Crippen LogP contribution is -2.50. The predicted molar refractivity (Wildman–Crippen MR) is 126 cm³/mol. The molecule has 5 heterocycles. The Balaban J connectivity index is 1.24. The Morgan fingerprint density at radius 2 is 1.95 bits per heavy atom. The molecule has 196 valence electrons. The van der Waals surface area contributed by atoms with Crippen LogP contribution in [0.1, 0.15) is 28.5 Å². The Labute approximate surface area is 213 Å². The molecular weight excluding hydrogens is 506 g/mol. The molecule has 38 heavy (non-hydrogen) atoms. The maximum Gasteiger partial charge on any atom is 0.417 e. The Morgan fingerprint density at radius 1 is 1.16 bits per heavy atom. The first-order chi connectivity index (χ1) is 18.2. The topological polar surface area (TPSA) is 120 Å². The number of hydrogen-bond acceptors (Lipinski definition) is 7. The molecule has 14 heteroatoms. The number of nitrogens with one attached hydrogen (secondary N) is 1. The van der Waals surface area contributed by atoms with Crippen LogP contribution in [0.2, 0.25) is 0 Å². The fourth-order valence-electron chi connectivity index (χ4n) is 4.44. The smallest absolute Gasteiger partial charge is 0.346 e. The number of hydrogen-bond donors (Lipinski definition) is 1. The largest absolute Gasteiger partial charge is 0.417 e. The summed E-state index contributed by atoms with van der Waals surface area (Å²) in [6.45, 7) is 1.81. The molecule has 0 bridgehead atoms. The van der Waals surface area contributed by atoms with Gasteiger partial charge in [-0.1, -0.05) is 0 Å². The molecule has 1 aliphatic heterocycles. The molecule has 0 aromatic carbocycles. The number of halogens is 4. The van der Waals surface area contributed by atoms with Crippen LogP contribution >= 0.6 is 0 Å². The average Bonchev–Trinajstić information content (AvgIpc) is 3.58. The first kappa shape index (κ1) is 25.3. The van der Waals surface area contributed by atoms with Crippen molar-refractivity contribution in [2.24, 2.45) is 0 Å². The van der Waals surface area contributed by atoms with Crippen molar-refractivity contribution >= 4 is 16.9 Å². The van der Waals surface area contributed by atoms with Crippen molar-refractivity contribution in [1.29, 1.82) is 5.26 Å². The minimum atomic E-state index is -4.75. The number of H-pyrrole nitrogens is 1. The lowest BCUT2D eigenvalue weighted by atomic mass is 10.1. The first-order valence-corrected chi connectivity index (χ1v) is 11.7. The van der Waals surface area contributed by atoms with Crippen LogP contribution in [0.5, 0.6) is 0 Å². The molecule has 0 aliphatic carbocycles. The van der Waals surface area contributed by atoms with Crippen molar-refractivity contribution in [3.8, 4) is 17.3 Å². The maximum atomic E-state index is 14.2. The van der Waals surface area contributed by atoms with Crippen molar-refractivity contribution in [2.75, 3.05) is 32.7 Å². The molecule has 4 aromatic heterocycles. The van der Waals surface area contributed by atoms with Gasteiger partial charge in [-0.3, -0.25) is 14.4 Å². The van der Waals surface area contributed by atoms with Gasteiger partial charge in [0.2, 0.25) is 0 Å². The SMILES string of the molecule is N#CCC(CN1CCN(C(=O)c2ncc(C(F)(F)F)cc2F)CC1)n1cc(-c2ncnc3[nH]ccc23)cn1. The van der Waals surface area contributed by atoms with Gasteiger partial charge in [0.05, 0.1) is 36.0 Å². The summed E-state index contributed by atoms with van der Waals surface area (Å²) in [7, 11) is 0. The van der Waals surface area contributed by atoms with Crippen molar-refractivity contribution in [3.05, 3.63) is 60.3 Å². The first-order valence-electron chi connectivity index (χ1n) is 11.7.